The first-order valence-electron chi connectivity index (χ1n) is 10.0. The molecule has 27 heavy (non-hydrogen) atoms. The quantitative estimate of drug-likeness (QED) is 0.361. The molecule has 2 aliphatic heterocycles. The van der Waals surface area contributed by atoms with Gasteiger partial charge < -0.3 is 19.4 Å². The molecule has 0 bridgehead atoms. The molecule has 2 fully saturated rings. The Labute approximate surface area is 180 Å². The Balaban J connectivity index is 0.00000261. The van der Waals surface area contributed by atoms with Gasteiger partial charge in [0, 0.05) is 40.4 Å². The Kier molecular flexibility index (Phi) is 9.92. The van der Waals surface area contributed by atoms with Crippen molar-refractivity contribution in [3.8, 4) is 0 Å². The molecule has 0 aliphatic carbocycles. The predicted octanol–water partition coefficient (Wildman–Crippen LogP) is 3.36. The van der Waals surface area contributed by atoms with E-state index in [9.17, 15) is 0 Å². The Morgan fingerprint density at radius 1 is 1.33 bits per heavy atom. The van der Waals surface area contributed by atoms with E-state index in [1.807, 2.05) is 13.1 Å². The number of nitrogens with one attached hydrogen (secondary N) is 1. The van der Waals surface area contributed by atoms with Crippen molar-refractivity contribution in [1.29, 1.82) is 0 Å². The smallest absolute Gasteiger partial charge is 0.193 e. The van der Waals surface area contributed by atoms with Crippen molar-refractivity contribution in [3.05, 3.63) is 24.2 Å². The molecule has 2 aliphatic rings. The van der Waals surface area contributed by atoms with Crippen LogP contribution in [0.25, 0.3) is 0 Å². The fourth-order valence-corrected chi connectivity index (χ4v) is 4.03. The van der Waals surface area contributed by atoms with Gasteiger partial charge in [-0.3, -0.25) is 9.89 Å². The van der Waals surface area contributed by atoms with Crippen molar-refractivity contribution in [2.45, 2.75) is 38.1 Å². The van der Waals surface area contributed by atoms with Crippen molar-refractivity contribution in [2.75, 3.05) is 53.5 Å². The minimum atomic E-state index is 0. The first-order chi connectivity index (χ1) is 12.8. The van der Waals surface area contributed by atoms with Crippen LogP contribution >= 0.6 is 24.0 Å². The van der Waals surface area contributed by atoms with Gasteiger partial charge in [0.15, 0.2) is 5.96 Å². The summed E-state index contributed by atoms with van der Waals surface area (Å²) < 4.78 is 11.2. The average Bonchev–Trinajstić information content (AvgIpc) is 3.38. The zero-order chi connectivity index (χ0) is 18.2. The number of likely N-dealkylation sites (tertiary alicyclic amines) is 1. The average molecular weight is 490 g/mol. The molecule has 1 atom stereocenters. The predicted molar refractivity (Wildman–Crippen MR) is 120 cm³/mol. The molecule has 1 N–H and O–H groups in total. The van der Waals surface area contributed by atoms with Crippen molar-refractivity contribution in [3.63, 3.8) is 0 Å². The molecule has 0 spiro atoms. The van der Waals surface area contributed by atoms with Gasteiger partial charge in [0.1, 0.15) is 5.76 Å². The third-order valence-corrected chi connectivity index (χ3v) is 5.69. The third-order valence-electron chi connectivity index (χ3n) is 5.69. The standard InChI is InChI=1S/C20H34N4O2.HI/c1-21-20(23(2)12-7-17-8-14-25-15-9-17)22-16-18(19-6-5-13-26-19)24-10-3-4-11-24;/h5-6,13,17-18H,3-4,7-12,14-16H2,1-2H3,(H,21,22);1H. The van der Waals surface area contributed by atoms with Crippen molar-refractivity contribution < 1.29 is 9.15 Å². The first-order valence-corrected chi connectivity index (χ1v) is 10.0. The Bertz CT molecular complexity index is 540. The first kappa shape index (κ1) is 22.5. The van der Waals surface area contributed by atoms with Crippen LogP contribution in [-0.4, -0.2) is 69.2 Å². The minimum Gasteiger partial charge on any atom is -0.468 e. The summed E-state index contributed by atoms with van der Waals surface area (Å²) in [7, 11) is 4.00. The largest absolute Gasteiger partial charge is 0.468 e. The van der Waals surface area contributed by atoms with Gasteiger partial charge in [0.05, 0.1) is 12.3 Å². The summed E-state index contributed by atoms with van der Waals surface area (Å²) in [5.74, 6) is 2.79. The van der Waals surface area contributed by atoms with E-state index in [-0.39, 0.29) is 30.0 Å². The second kappa shape index (κ2) is 11.9. The molecule has 0 radical (unpaired) electrons. The highest BCUT2D eigenvalue weighted by molar-refractivity contribution is 14.0. The van der Waals surface area contributed by atoms with Crippen LogP contribution in [0.2, 0.25) is 0 Å². The van der Waals surface area contributed by atoms with Crippen molar-refractivity contribution >= 4 is 29.9 Å². The molecule has 0 saturated carbocycles. The van der Waals surface area contributed by atoms with E-state index in [4.69, 9.17) is 9.15 Å². The Hall–Kier alpha value is -0.800. The van der Waals surface area contributed by atoms with E-state index in [2.05, 4.69) is 33.2 Å². The van der Waals surface area contributed by atoms with Crippen LogP contribution in [0.3, 0.4) is 0 Å². The molecule has 3 rings (SSSR count). The van der Waals surface area contributed by atoms with E-state index in [0.29, 0.717) is 0 Å². The summed E-state index contributed by atoms with van der Waals surface area (Å²) in [6.07, 6.45) is 7.90. The van der Waals surface area contributed by atoms with Crippen molar-refractivity contribution in [1.82, 2.24) is 15.1 Å². The molecule has 6 nitrogen and oxygen atoms in total. The maximum absolute atomic E-state index is 5.71. The summed E-state index contributed by atoms with van der Waals surface area (Å²) in [5.41, 5.74) is 0. The second-order valence-corrected chi connectivity index (χ2v) is 7.47. The monoisotopic (exact) mass is 490 g/mol. The number of nitrogens with zero attached hydrogens (tertiary/aromatic N) is 3. The molecular formula is C20H35IN4O2. The van der Waals surface area contributed by atoms with Gasteiger partial charge in [-0.15, -0.1) is 24.0 Å². The zero-order valence-electron chi connectivity index (χ0n) is 16.7. The van der Waals surface area contributed by atoms with E-state index in [1.165, 1.54) is 32.1 Å². The van der Waals surface area contributed by atoms with Crippen LogP contribution in [0.4, 0.5) is 0 Å². The lowest BCUT2D eigenvalue weighted by Gasteiger charge is -2.30. The normalized spacial score (nSPS) is 20.3. The summed E-state index contributed by atoms with van der Waals surface area (Å²) >= 11 is 0. The molecule has 0 aromatic carbocycles. The van der Waals surface area contributed by atoms with Crippen LogP contribution in [0.1, 0.15) is 43.9 Å². The van der Waals surface area contributed by atoms with Gasteiger partial charge in [0.25, 0.3) is 0 Å². The number of halogens is 1. The van der Waals surface area contributed by atoms with E-state index in [0.717, 1.165) is 57.0 Å². The van der Waals surface area contributed by atoms with E-state index < -0.39 is 0 Å². The molecule has 0 amide bonds. The number of ether oxygens (including phenoxy) is 1. The number of hydrogen-bond acceptors (Lipinski definition) is 4. The summed E-state index contributed by atoms with van der Waals surface area (Å²) in [4.78, 5) is 9.25. The molecule has 1 aromatic heterocycles. The van der Waals surface area contributed by atoms with Gasteiger partial charge in [-0.05, 0) is 63.2 Å². The highest BCUT2D eigenvalue weighted by Crippen LogP contribution is 2.25. The molecule has 3 heterocycles. The Morgan fingerprint density at radius 2 is 2.07 bits per heavy atom. The number of hydrogen-bond donors (Lipinski definition) is 1. The summed E-state index contributed by atoms with van der Waals surface area (Å²) in [6.45, 7) is 5.97. The Morgan fingerprint density at radius 3 is 2.70 bits per heavy atom. The highest BCUT2D eigenvalue weighted by atomic mass is 127. The third kappa shape index (κ3) is 6.64. The maximum Gasteiger partial charge on any atom is 0.193 e. The lowest BCUT2D eigenvalue weighted by atomic mass is 9.96. The van der Waals surface area contributed by atoms with Crippen LogP contribution in [0, 0.1) is 5.92 Å². The SMILES string of the molecule is CN=C(NCC(c1ccco1)N1CCCC1)N(C)CCC1CCOCC1.I. The fourth-order valence-electron chi connectivity index (χ4n) is 4.03. The molecule has 154 valence electrons. The van der Waals surface area contributed by atoms with Crippen LogP contribution in [0.5, 0.6) is 0 Å². The molecule has 7 heteroatoms. The molecular weight excluding hydrogens is 455 g/mol. The fraction of sp³-hybridized carbons (Fsp3) is 0.750. The number of rotatable bonds is 7. The topological polar surface area (TPSA) is 53.2 Å². The van der Waals surface area contributed by atoms with Gasteiger partial charge >= 0.3 is 0 Å². The van der Waals surface area contributed by atoms with Crippen molar-refractivity contribution in [2.24, 2.45) is 10.9 Å². The summed E-state index contributed by atoms with van der Waals surface area (Å²) in [5, 5.41) is 3.57. The lowest BCUT2D eigenvalue weighted by Crippen LogP contribution is -2.44. The van der Waals surface area contributed by atoms with Crippen LogP contribution in [-0.2, 0) is 4.74 Å². The van der Waals surface area contributed by atoms with Gasteiger partial charge in [-0.1, -0.05) is 0 Å². The van der Waals surface area contributed by atoms with E-state index in [1.54, 1.807) is 6.26 Å². The molecule has 2 saturated heterocycles. The number of guanidine groups is 1. The van der Waals surface area contributed by atoms with Gasteiger partial charge in [0.2, 0.25) is 0 Å². The van der Waals surface area contributed by atoms with Gasteiger partial charge in [-0.2, -0.15) is 0 Å². The maximum atomic E-state index is 5.71. The second-order valence-electron chi connectivity index (χ2n) is 7.47. The highest BCUT2D eigenvalue weighted by Gasteiger charge is 2.26. The molecule has 1 aromatic rings. The van der Waals surface area contributed by atoms with Gasteiger partial charge in [-0.25, -0.2) is 0 Å². The zero-order valence-corrected chi connectivity index (χ0v) is 19.1. The summed E-state index contributed by atoms with van der Waals surface area (Å²) in [6, 6.07) is 4.34. The number of aliphatic imine (C=N–C) groups is 1. The lowest BCUT2D eigenvalue weighted by molar-refractivity contribution is 0.0625. The van der Waals surface area contributed by atoms with Crippen LogP contribution in [0.15, 0.2) is 27.8 Å². The number of furan rings is 1. The van der Waals surface area contributed by atoms with E-state index >= 15 is 0 Å². The van der Waals surface area contributed by atoms with Crippen LogP contribution < -0.4 is 5.32 Å². The molecule has 1 unspecified atom stereocenters. The minimum absolute atomic E-state index is 0.